The average Bonchev–Trinajstić information content (AvgIpc) is 3.07. The van der Waals surface area contributed by atoms with Gasteiger partial charge in [0.15, 0.2) is 16.7 Å². The number of anilines is 2. The summed E-state index contributed by atoms with van der Waals surface area (Å²) in [4.78, 5) is 28.6. The molecule has 1 aliphatic carbocycles. The van der Waals surface area contributed by atoms with E-state index < -0.39 is 11.4 Å². The molecule has 5 rings (SSSR count). The van der Waals surface area contributed by atoms with E-state index in [9.17, 15) is 4.79 Å². The molecule has 2 aromatic heterocycles. The summed E-state index contributed by atoms with van der Waals surface area (Å²) in [7, 11) is 0. The molecule has 2 fully saturated rings. The SMILES string of the molecule is [C-]#[N+]c1ncc(N2C(=O)C3(CCC3)N(c3ccc(OCCc4ccccn4)c(F)c3)C2=S)cc1C. The zero-order chi connectivity index (χ0) is 24.6. The lowest BCUT2D eigenvalue weighted by Gasteiger charge is -2.43. The Morgan fingerprint density at radius 3 is 2.66 bits per heavy atom. The molecule has 1 spiro atoms. The Morgan fingerprint density at radius 1 is 1.20 bits per heavy atom. The van der Waals surface area contributed by atoms with Crippen molar-refractivity contribution in [3.8, 4) is 5.75 Å². The summed E-state index contributed by atoms with van der Waals surface area (Å²) in [5.41, 5.74) is 1.70. The second-order valence-electron chi connectivity index (χ2n) is 8.62. The molecular formula is C26H22FN5O2S. The molecule has 1 amide bonds. The number of aryl methyl sites for hydroxylation is 1. The Hall–Kier alpha value is -3.90. The fourth-order valence-corrected chi connectivity index (χ4v) is 5.03. The van der Waals surface area contributed by atoms with Gasteiger partial charge in [-0.25, -0.2) is 4.39 Å². The van der Waals surface area contributed by atoms with E-state index >= 15 is 4.39 Å². The smallest absolute Gasteiger partial charge is 0.272 e. The number of ether oxygens (including phenoxy) is 1. The first-order chi connectivity index (χ1) is 16.9. The number of carbonyl (C=O) groups is 1. The van der Waals surface area contributed by atoms with Crippen LogP contribution < -0.4 is 14.5 Å². The molecule has 1 saturated carbocycles. The van der Waals surface area contributed by atoms with Gasteiger partial charge in [0.1, 0.15) is 11.7 Å². The van der Waals surface area contributed by atoms with Crippen molar-refractivity contribution in [2.75, 3.05) is 16.4 Å². The normalized spacial score (nSPS) is 16.4. The second kappa shape index (κ2) is 9.04. The molecule has 3 aromatic rings. The molecule has 0 unspecified atom stereocenters. The van der Waals surface area contributed by atoms with Crippen LogP contribution in [0.25, 0.3) is 4.85 Å². The molecule has 0 radical (unpaired) electrons. The summed E-state index contributed by atoms with van der Waals surface area (Å²) in [5, 5.41) is 0.273. The maximum Gasteiger partial charge on any atom is 0.272 e. The van der Waals surface area contributed by atoms with Crippen LogP contribution in [0.5, 0.6) is 5.75 Å². The fourth-order valence-electron chi connectivity index (χ4n) is 4.56. The molecule has 176 valence electrons. The first kappa shape index (κ1) is 22.9. The molecule has 7 nitrogen and oxygen atoms in total. The summed E-state index contributed by atoms with van der Waals surface area (Å²) in [5.74, 6) is -0.260. The number of hydrogen-bond acceptors (Lipinski definition) is 5. The van der Waals surface area contributed by atoms with Gasteiger partial charge in [0.05, 0.1) is 12.3 Å². The highest BCUT2D eigenvalue weighted by Gasteiger charge is 2.59. The van der Waals surface area contributed by atoms with Gasteiger partial charge in [-0.1, -0.05) is 12.6 Å². The topological polar surface area (TPSA) is 62.9 Å². The number of pyridine rings is 2. The molecule has 1 aromatic carbocycles. The Balaban J connectivity index is 1.40. The summed E-state index contributed by atoms with van der Waals surface area (Å²) in [6.45, 7) is 9.27. The van der Waals surface area contributed by atoms with E-state index in [1.165, 1.54) is 17.2 Å². The number of amides is 1. The van der Waals surface area contributed by atoms with Crippen molar-refractivity contribution in [2.24, 2.45) is 0 Å². The van der Waals surface area contributed by atoms with Crippen LogP contribution in [0.1, 0.15) is 30.5 Å². The summed E-state index contributed by atoms with van der Waals surface area (Å²) >= 11 is 5.74. The largest absolute Gasteiger partial charge is 0.490 e. The van der Waals surface area contributed by atoms with Crippen molar-refractivity contribution in [3.05, 3.63) is 83.4 Å². The fraction of sp³-hybridized carbons (Fsp3) is 0.269. The van der Waals surface area contributed by atoms with Crippen LogP contribution in [-0.2, 0) is 11.2 Å². The van der Waals surface area contributed by atoms with Gasteiger partial charge in [0, 0.05) is 30.1 Å². The summed E-state index contributed by atoms with van der Waals surface area (Å²) in [6.07, 6.45) is 5.88. The van der Waals surface area contributed by atoms with Gasteiger partial charge in [0.2, 0.25) is 0 Å². The quantitative estimate of drug-likeness (QED) is 0.354. The Bertz CT molecular complexity index is 1350. The number of halogens is 1. The van der Waals surface area contributed by atoms with E-state index in [0.29, 0.717) is 42.8 Å². The first-order valence-electron chi connectivity index (χ1n) is 11.3. The van der Waals surface area contributed by atoms with Crippen LogP contribution in [-0.4, -0.2) is 33.1 Å². The number of thiocarbonyl (C=S) groups is 1. The second-order valence-corrected chi connectivity index (χ2v) is 8.99. The van der Waals surface area contributed by atoms with Crippen LogP contribution in [0.15, 0.2) is 54.9 Å². The number of carbonyl (C=O) groups excluding carboxylic acids is 1. The van der Waals surface area contributed by atoms with Crippen molar-refractivity contribution in [1.82, 2.24) is 9.97 Å². The van der Waals surface area contributed by atoms with Crippen molar-refractivity contribution in [3.63, 3.8) is 0 Å². The number of rotatable bonds is 6. The lowest BCUT2D eigenvalue weighted by molar-refractivity contribution is -0.123. The monoisotopic (exact) mass is 487 g/mol. The predicted molar refractivity (Wildman–Crippen MR) is 134 cm³/mol. The van der Waals surface area contributed by atoms with Crippen molar-refractivity contribution in [2.45, 2.75) is 38.1 Å². The highest BCUT2D eigenvalue weighted by molar-refractivity contribution is 7.81. The number of hydrogen-bond donors (Lipinski definition) is 0. The van der Waals surface area contributed by atoms with Gasteiger partial charge in [0.25, 0.3) is 11.7 Å². The average molecular weight is 488 g/mol. The van der Waals surface area contributed by atoms with E-state index in [0.717, 1.165) is 12.1 Å². The minimum absolute atomic E-state index is 0.134. The van der Waals surface area contributed by atoms with E-state index in [1.807, 2.05) is 18.2 Å². The van der Waals surface area contributed by atoms with Crippen LogP contribution in [0.2, 0.25) is 0 Å². The molecule has 9 heteroatoms. The molecule has 0 N–H and O–H groups in total. The standard InChI is InChI=1S/C26H22FN5O2S/c1-17-14-20(16-30-23(17)28-2)31-24(33)26(10-5-11-26)32(25(31)35)19-7-8-22(21(27)15-19)34-13-9-18-6-3-4-12-29-18/h3-4,6-8,12,14-16H,5,9-11,13H2,1H3. The maximum absolute atomic E-state index is 15.0. The molecule has 1 saturated heterocycles. The third-order valence-corrected chi connectivity index (χ3v) is 6.87. The van der Waals surface area contributed by atoms with Gasteiger partial charge >= 0.3 is 0 Å². The number of aromatic nitrogens is 2. The molecule has 1 aliphatic heterocycles. The predicted octanol–water partition coefficient (Wildman–Crippen LogP) is 5.16. The Morgan fingerprint density at radius 2 is 2.03 bits per heavy atom. The van der Waals surface area contributed by atoms with Crippen molar-refractivity contribution in [1.29, 1.82) is 0 Å². The molecular weight excluding hydrogens is 465 g/mol. The van der Waals surface area contributed by atoms with Gasteiger partial charge < -0.3 is 14.5 Å². The lowest BCUT2D eigenvalue weighted by atomic mass is 9.75. The van der Waals surface area contributed by atoms with Crippen LogP contribution >= 0.6 is 12.2 Å². The lowest BCUT2D eigenvalue weighted by Crippen LogP contribution is -2.55. The van der Waals surface area contributed by atoms with Crippen LogP contribution in [0.3, 0.4) is 0 Å². The van der Waals surface area contributed by atoms with Crippen LogP contribution in [0, 0.1) is 19.3 Å². The zero-order valence-electron chi connectivity index (χ0n) is 19.1. The minimum atomic E-state index is -0.836. The van der Waals surface area contributed by atoms with Gasteiger partial charge in [-0.15, -0.1) is 4.98 Å². The van der Waals surface area contributed by atoms with E-state index in [4.69, 9.17) is 23.5 Å². The van der Waals surface area contributed by atoms with Crippen molar-refractivity contribution < 1.29 is 13.9 Å². The summed E-state index contributed by atoms with van der Waals surface area (Å²) < 4.78 is 20.7. The van der Waals surface area contributed by atoms with Crippen LogP contribution in [0.4, 0.5) is 21.6 Å². The molecule has 35 heavy (non-hydrogen) atoms. The third-order valence-electron chi connectivity index (χ3n) is 6.51. The van der Waals surface area contributed by atoms with E-state index in [-0.39, 0.29) is 22.6 Å². The Kier molecular flexibility index (Phi) is 5.91. The molecule has 3 heterocycles. The van der Waals surface area contributed by atoms with E-state index in [1.54, 1.807) is 36.2 Å². The maximum atomic E-state index is 15.0. The molecule has 0 bridgehead atoms. The molecule has 2 aliphatic rings. The van der Waals surface area contributed by atoms with Gasteiger partial charge in [-0.3, -0.25) is 14.7 Å². The Labute approximate surface area is 208 Å². The van der Waals surface area contributed by atoms with E-state index in [2.05, 4.69) is 14.8 Å². The van der Waals surface area contributed by atoms with Crippen molar-refractivity contribution >= 4 is 40.4 Å². The number of nitrogens with zero attached hydrogens (tertiary/aromatic N) is 5. The third kappa shape index (κ3) is 3.90. The highest BCUT2D eigenvalue weighted by atomic mass is 32.1. The summed E-state index contributed by atoms with van der Waals surface area (Å²) in [6, 6.07) is 12.0. The zero-order valence-corrected chi connectivity index (χ0v) is 19.9. The molecule has 0 atom stereocenters. The minimum Gasteiger partial charge on any atom is -0.490 e. The van der Waals surface area contributed by atoms with Gasteiger partial charge in [-0.2, -0.15) is 0 Å². The highest BCUT2D eigenvalue weighted by Crippen LogP contribution is 2.48. The van der Waals surface area contributed by atoms with Gasteiger partial charge in [-0.05, 0) is 74.3 Å². The number of benzene rings is 1. The first-order valence-corrected chi connectivity index (χ1v) is 11.7.